The predicted molar refractivity (Wildman–Crippen MR) is 168 cm³/mol. The molecular formula is C37H34N2O6. The first-order chi connectivity index (χ1) is 21.7. The monoisotopic (exact) mass is 602 g/mol. The second-order valence-electron chi connectivity index (χ2n) is 12.6. The number of carbonyl (C=O) groups is 4. The Balaban J connectivity index is 1.30. The summed E-state index contributed by atoms with van der Waals surface area (Å²) in [5.74, 6) is -3.25. The number of imide groups is 2. The second-order valence-corrected chi connectivity index (χ2v) is 12.6. The number of likely N-dealkylation sites (tertiary alicyclic amines) is 1. The van der Waals surface area contributed by atoms with Gasteiger partial charge in [0.2, 0.25) is 23.6 Å². The number of ether oxygens (including phenoxy) is 1. The van der Waals surface area contributed by atoms with E-state index < -0.39 is 29.1 Å². The van der Waals surface area contributed by atoms with Crippen LogP contribution < -0.4 is 9.64 Å². The zero-order valence-corrected chi connectivity index (χ0v) is 25.1. The third-order valence-corrected chi connectivity index (χ3v) is 10.3. The van der Waals surface area contributed by atoms with Gasteiger partial charge in [-0.15, -0.1) is 0 Å². The summed E-state index contributed by atoms with van der Waals surface area (Å²) in [4.78, 5) is 58.9. The molecule has 0 bridgehead atoms. The van der Waals surface area contributed by atoms with E-state index in [-0.39, 0.29) is 41.8 Å². The van der Waals surface area contributed by atoms with Crippen molar-refractivity contribution < 1.29 is 29.0 Å². The molecule has 1 N–H and O–H groups in total. The van der Waals surface area contributed by atoms with E-state index in [0.29, 0.717) is 24.3 Å². The molecule has 0 spiro atoms. The quantitative estimate of drug-likeness (QED) is 0.300. The van der Waals surface area contributed by atoms with Crippen LogP contribution in [0.2, 0.25) is 0 Å². The molecule has 2 aliphatic heterocycles. The normalized spacial score (nSPS) is 29.1. The number of rotatable bonds is 6. The lowest BCUT2D eigenvalue weighted by Crippen LogP contribution is -2.49. The number of carbonyl (C=O) groups excluding carboxylic acids is 4. The summed E-state index contributed by atoms with van der Waals surface area (Å²) in [6.45, 7) is 2.07. The lowest BCUT2D eigenvalue weighted by molar-refractivity contribution is -0.141. The number of para-hydroxylation sites is 1. The van der Waals surface area contributed by atoms with E-state index in [0.717, 1.165) is 16.7 Å². The van der Waals surface area contributed by atoms with Gasteiger partial charge in [-0.05, 0) is 61.1 Å². The molecule has 2 aliphatic carbocycles. The standard InChI is InChI=1S/C37H34N2O6/c1-37-28(17-13-22-14-18-30(40)31(19-22)45-2)25-15-16-26-32(35(43)38(33(26)41)21-23-9-5-3-6-10-23)27(25)20-29(37)34(42)39(36(37)44)24-11-7-4-8-12-24/h3-15,17-19,26-29,32,40H,16,20-21H2,1-2H3. The minimum Gasteiger partial charge on any atom is -0.504 e. The molecule has 0 radical (unpaired) electrons. The molecule has 2 heterocycles. The average Bonchev–Trinajstić information content (AvgIpc) is 3.41. The summed E-state index contributed by atoms with van der Waals surface area (Å²) in [5, 5.41) is 10.1. The van der Waals surface area contributed by atoms with Crippen molar-refractivity contribution in [1.82, 2.24) is 4.90 Å². The highest BCUT2D eigenvalue weighted by atomic mass is 16.5. The molecule has 6 unspecified atom stereocenters. The molecule has 3 aromatic rings. The molecule has 228 valence electrons. The van der Waals surface area contributed by atoms with Gasteiger partial charge in [-0.25, -0.2) is 4.90 Å². The number of hydrogen-bond acceptors (Lipinski definition) is 6. The van der Waals surface area contributed by atoms with Crippen LogP contribution in [0.3, 0.4) is 0 Å². The van der Waals surface area contributed by atoms with Gasteiger partial charge in [-0.3, -0.25) is 24.1 Å². The van der Waals surface area contributed by atoms with E-state index in [9.17, 15) is 24.3 Å². The minimum absolute atomic E-state index is 0.0139. The topological polar surface area (TPSA) is 104 Å². The van der Waals surface area contributed by atoms with Crippen LogP contribution in [0, 0.1) is 35.0 Å². The number of methoxy groups -OCH3 is 1. The molecule has 4 aliphatic rings. The lowest BCUT2D eigenvalue weighted by atomic mass is 9.52. The Kier molecular flexibility index (Phi) is 6.95. The molecule has 0 aromatic heterocycles. The Morgan fingerprint density at radius 1 is 0.911 bits per heavy atom. The number of allylic oxidation sites excluding steroid dienone is 3. The fraction of sp³-hybridized carbons (Fsp3) is 0.297. The van der Waals surface area contributed by atoms with E-state index in [4.69, 9.17) is 4.74 Å². The smallest absolute Gasteiger partial charge is 0.241 e. The van der Waals surface area contributed by atoms with Crippen LogP contribution in [-0.2, 0) is 25.7 Å². The van der Waals surface area contributed by atoms with Gasteiger partial charge >= 0.3 is 0 Å². The molecular weight excluding hydrogens is 568 g/mol. The highest BCUT2D eigenvalue weighted by Crippen LogP contribution is 2.61. The molecule has 6 atom stereocenters. The number of phenols is 1. The largest absolute Gasteiger partial charge is 0.504 e. The molecule has 4 amide bonds. The molecule has 8 heteroatoms. The minimum atomic E-state index is -1.10. The third-order valence-electron chi connectivity index (χ3n) is 10.3. The summed E-state index contributed by atoms with van der Waals surface area (Å²) in [5.41, 5.74) is 1.97. The van der Waals surface area contributed by atoms with Crippen LogP contribution in [-0.4, -0.2) is 40.7 Å². The molecule has 3 aromatic carbocycles. The summed E-state index contributed by atoms with van der Waals surface area (Å²) in [7, 11) is 1.48. The van der Waals surface area contributed by atoms with E-state index >= 15 is 0 Å². The summed E-state index contributed by atoms with van der Waals surface area (Å²) in [6.07, 6.45) is 6.57. The van der Waals surface area contributed by atoms with Crippen molar-refractivity contribution in [3.63, 3.8) is 0 Å². The number of benzene rings is 3. The Morgan fingerprint density at radius 3 is 2.33 bits per heavy atom. The third kappa shape index (κ3) is 4.42. The van der Waals surface area contributed by atoms with Gasteiger partial charge in [0.25, 0.3) is 0 Å². The Bertz CT molecular complexity index is 1770. The molecule has 2 saturated heterocycles. The summed E-state index contributed by atoms with van der Waals surface area (Å²) in [6, 6.07) is 23.4. The number of phenolic OH excluding ortho intramolecular Hbond substituents is 1. The summed E-state index contributed by atoms with van der Waals surface area (Å²) >= 11 is 0. The van der Waals surface area contributed by atoms with Crippen molar-refractivity contribution in [3.8, 4) is 11.5 Å². The van der Waals surface area contributed by atoms with Crippen molar-refractivity contribution in [3.05, 3.63) is 108 Å². The number of aromatic hydroxyl groups is 1. The fourth-order valence-electron chi connectivity index (χ4n) is 8.03. The van der Waals surface area contributed by atoms with E-state index in [1.165, 1.54) is 16.9 Å². The number of hydrogen-bond donors (Lipinski definition) is 1. The maximum Gasteiger partial charge on any atom is 0.241 e. The van der Waals surface area contributed by atoms with Gasteiger partial charge < -0.3 is 9.84 Å². The van der Waals surface area contributed by atoms with E-state index in [1.807, 2.05) is 61.5 Å². The molecule has 45 heavy (non-hydrogen) atoms. The van der Waals surface area contributed by atoms with Crippen LogP contribution >= 0.6 is 0 Å². The van der Waals surface area contributed by atoms with Gasteiger partial charge in [-0.1, -0.05) is 78.4 Å². The number of anilines is 1. The predicted octanol–water partition coefficient (Wildman–Crippen LogP) is 5.38. The lowest BCUT2D eigenvalue weighted by Gasteiger charge is -2.47. The van der Waals surface area contributed by atoms with Crippen molar-refractivity contribution >= 4 is 35.4 Å². The van der Waals surface area contributed by atoms with Gasteiger partial charge in [0, 0.05) is 5.92 Å². The van der Waals surface area contributed by atoms with Crippen LogP contribution in [0.5, 0.6) is 11.5 Å². The van der Waals surface area contributed by atoms with Crippen molar-refractivity contribution in [2.24, 2.45) is 35.0 Å². The first-order valence-corrected chi connectivity index (χ1v) is 15.3. The highest BCUT2D eigenvalue weighted by molar-refractivity contribution is 6.24. The van der Waals surface area contributed by atoms with Gasteiger partial charge in [0.15, 0.2) is 11.5 Å². The fourth-order valence-corrected chi connectivity index (χ4v) is 8.03. The Labute approximate surface area is 261 Å². The van der Waals surface area contributed by atoms with Gasteiger partial charge in [0.1, 0.15) is 0 Å². The maximum absolute atomic E-state index is 14.4. The van der Waals surface area contributed by atoms with Gasteiger partial charge in [-0.2, -0.15) is 0 Å². The number of fused-ring (bicyclic) bond motifs is 4. The first kappa shape index (κ1) is 28.8. The molecule has 8 nitrogen and oxygen atoms in total. The summed E-state index contributed by atoms with van der Waals surface area (Å²) < 4.78 is 5.29. The van der Waals surface area contributed by atoms with Gasteiger partial charge in [0.05, 0.1) is 42.5 Å². The van der Waals surface area contributed by atoms with Crippen molar-refractivity contribution in [2.75, 3.05) is 12.0 Å². The zero-order valence-electron chi connectivity index (χ0n) is 25.1. The maximum atomic E-state index is 14.4. The van der Waals surface area contributed by atoms with Crippen molar-refractivity contribution in [2.45, 2.75) is 26.3 Å². The van der Waals surface area contributed by atoms with E-state index in [2.05, 4.69) is 0 Å². The van der Waals surface area contributed by atoms with Crippen LogP contribution in [0.4, 0.5) is 5.69 Å². The van der Waals surface area contributed by atoms with Crippen LogP contribution in [0.1, 0.15) is 30.9 Å². The average molecular weight is 603 g/mol. The van der Waals surface area contributed by atoms with E-state index in [1.54, 1.807) is 42.5 Å². The second kappa shape index (κ2) is 10.9. The van der Waals surface area contributed by atoms with Crippen LogP contribution in [0.25, 0.3) is 6.08 Å². The Hall–Kier alpha value is -4.98. The van der Waals surface area contributed by atoms with Crippen LogP contribution in [0.15, 0.2) is 96.6 Å². The molecule has 3 fully saturated rings. The SMILES string of the molecule is COc1cc(C=CC2C3=CCC4C(=O)N(Cc5ccccc5)C(=O)C4C3CC3C(=O)N(c4ccccc4)C(=O)C23C)ccc1O. The first-order valence-electron chi connectivity index (χ1n) is 15.3. The highest BCUT2D eigenvalue weighted by Gasteiger charge is 2.66. The zero-order chi connectivity index (χ0) is 31.5. The molecule has 7 rings (SSSR count). The van der Waals surface area contributed by atoms with Crippen molar-refractivity contribution in [1.29, 1.82) is 0 Å². The number of amides is 4. The number of nitrogens with zero attached hydrogens (tertiary/aromatic N) is 2. The Morgan fingerprint density at radius 2 is 1.62 bits per heavy atom. The molecule has 1 saturated carbocycles.